The van der Waals surface area contributed by atoms with Crippen LogP contribution in [0.25, 0.3) is 0 Å². The molecule has 0 aliphatic carbocycles. The molecule has 162 valence electrons. The average Bonchev–Trinajstić information content (AvgIpc) is 2.73. The van der Waals surface area contributed by atoms with Crippen molar-refractivity contribution in [1.82, 2.24) is 9.73 Å². The summed E-state index contributed by atoms with van der Waals surface area (Å²) in [7, 11) is 1.81. The molecule has 2 aromatic carbocycles. The molecule has 0 aliphatic heterocycles. The number of nitrogens with one attached hydrogen (secondary N) is 1. The largest absolute Gasteiger partial charge is 0.497 e. The van der Waals surface area contributed by atoms with Gasteiger partial charge in [0.1, 0.15) is 17.2 Å². The molecule has 30 heavy (non-hydrogen) atoms. The number of methoxy groups -OCH3 is 3. The van der Waals surface area contributed by atoms with Crippen LogP contribution in [0.4, 0.5) is 0 Å². The molecule has 2 rings (SSSR count). The van der Waals surface area contributed by atoms with Crippen LogP contribution in [-0.4, -0.2) is 59.8 Å². The standard InChI is InChI=1S/C19H22ClN3O6S/c1-23(30(25,26)15-7-8-17(28-3)16(20)10-15)12-19(24)22-21-11-13-5-6-14(27-2)9-18(13)29-4/h5-11H,12H2,1-4H3,(H,22,24)/b21-11-. The van der Waals surface area contributed by atoms with Crippen molar-refractivity contribution in [3.63, 3.8) is 0 Å². The summed E-state index contributed by atoms with van der Waals surface area (Å²) in [4.78, 5) is 12.1. The van der Waals surface area contributed by atoms with Gasteiger partial charge in [0.15, 0.2) is 0 Å². The summed E-state index contributed by atoms with van der Waals surface area (Å²) in [5.74, 6) is 0.839. The fourth-order valence-electron chi connectivity index (χ4n) is 2.41. The second kappa shape index (κ2) is 10.3. The van der Waals surface area contributed by atoms with E-state index in [1.165, 1.54) is 52.8 Å². The molecule has 0 aromatic heterocycles. The van der Waals surface area contributed by atoms with Gasteiger partial charge in [0.05, 0.1) is 44.0 Å². The van der Waals surface area contributed by atoms with Gasteiger partial charge in [-0.1, -0.05) is 11.6 Å². The number of likely N-dealkylation sites (N-methyl/N-ethyl adjacent to an activating group) is 1. The van der Waals surface area contributed by atoms with Gasteiger partial charge < -0.3 is 14.2 Å². The molecule has 0 atom stereocenters. The summed E-state index contributed by atoms with van der Waals surface area (Å²) in [6.07, 6.45) is 1.38. The van der Waals surface area contributed by atoms with Gasteiger partial charge in [-0.25, -0.2) is 13.8 Å². The lowest BCUT2D eigenvalue weighted by molar-refractivity contribution is -0.121. The highest BCUT2D eigenvalue weighted by atomic mass is 35.5. The fraction of sp³-hybridized carbons (Fsp3) is 0.263. The van der Waals surface area contributed by atoms with Gasteiger partial charge in [-0.15, -0.1) is 0 Å². The zero-order valence-electron chi connectivity index (χ0n) is 16.9. The van der Waals surface area contributed by atoms with E-state index in [1.54, 1.807) is 18.2 Å². The molecule has 0 aliphatic rings. The number of carbonyl (C=O) groups excluding carboxylic acids is 1. The Morgan fingerprint density at radius 3 is 2.40 bits per heavy atom. The number of hydrogen-bond acceptors (Lipinski definition) is 7. The van der Waals surface area contributed by atoms with E-state index in [1.807, 2.05) is 0 Å². The van der Waals surface area contributed by atoms with E-state index >= 15 is 0 Å². The molecule has 1 N–H and O–H groups in total. The third-order valence-electron chi connectivity index (χ3n) is 4.03. The normalized spacial score (nSPS) is 11.5. The lowest BCUT2D eigenvalue weighted by atomic mass is 10.2. The SMILES string of the molecule is COc1ccc(/C=N\NC(=O)CN(C)S(=O)(=O)c2ccc(OC)c(Cl)c2)c(OC)c1. The van der Waals surface area contributed by atoms with Crippen LogP contribution in [0, 0.1) is 0 Å². The Hall–Kier alpha value is -2.82. The topological polar surface area (TPSA) is 107 Å². The Balaban J connectivity index is 2.03. The zero-order valence-corrected chi connectivity index (χ0v) is 18.5. The number of carbonyl (C=O) groups is 1. The van der Waals surface area contributed by atoms with Gasteiger partial charge >= 0.3 is 0 Å². The van der Waals surface area contributed by atoms with Crippen molar-refractivity contribution in [2.45, 2.75) is 4.90 Å². The smallest absolute Gasteiger partial charge is 0.255 e. The van der Waals surface area contributed by atoms with E-state index in [4.69, 9.17) is 25.8 Å². The number of halogens is 1. The van der Waals surface area contributed by atoms with Crippen molar-refractivity contribution in [3.8, 4) is 17.2 Å². The molecule has 0 spiro atoms. The van der Waals surface area contributed by atoms with Crippen LogP contribution in [0.1, 0.15) is 5.56 Å². The minimum absolute atomic E-state index is 0.0601. The Labute approximate surface area is 180 Å². The molecule has 11 heteroatoms. The lowest BCUT2D eigenvalue weighted by Gasteiger charge is -2.16. The number of hydrogen-bond donors (Lipinski definition) is 1. The highest BCUT2D eigenvalue weighted by Gasteiger charge is 2.24. The van der Waals surface area contributed by atoms with Crippen LogP contribution in [0.2, 0.25) is 5.02 Å². The quantitative estimate of drug-likeness (QED) is 0.458. The summed E-state index contributed by atoms with van der Waals surface area (Å²) >= 11 is 5.99. The summed E-state index contributed by atoms with van der Waals surface area (Å²) in [5, 5.41) is 3.99. The van der Waals surface area contributed by atoms with Crippen LogP contribution in [0.15, 0.2) is 46.4 Å². The Bertz CT molecular complexity index is 1040. The summed E-state index contributed by atoms with van der Waals surface area (Å²) in [6, 6.07) is 9.14. The first-order chi connectivity index (χ1) is 14.2. The van der Waals surface area contributed by atoms with Crippen molar-refractivity contribution in [1.29, 1.82) is 0 Å². The molecule has 0 saturated carbocycles. The van der Waals surface area contributed by atoms with Crippen LogP contribution in [0.3, 0.4) is 0 Å². The van der Waals surface area contributed by atoms with Gasteiger partial charge in [0.2, 0.25) is 10.0 Å². The van der Waals surface area contributed by atoms with Crippen LogP contribution in [-0.2, 0) is 14.8 Å². The first-order valence-electron chi connectivity index (χ1n) is 8.56. The highest BCUT2D eigenvalue weighted by molar-refractivity contribution is 7.89. The number of ether oxygens (including phenoxy) is 3. The molecule has 0 saturated heterocycles. The van der Waals surface area contributed by atoms with Crippen molar-refractivity contribution in [3.05, 3.63) is 47.0 Å². The Morgan fingerprint density at radius 2 is 1.80 bits per heavy atom. The first kappa shape index (κ1) is 23.5. The summed E-state index contributed by atoms with van der Waals surface area (Å²) < 4.78 is 41.5. The van der Waals surface area contributed by atoms with Gasteiger partial charge in [-0.3, -0.25) is 4.79 Å². The first-order valence-corrected chi connectivity index (χ1v) is 10.4. The Morgan fingerprint density at radius 1 is 1.10 bits per heavy atom. The van der Waals surface area contributed by atoms with Crippen molar-refractivity contribution >= 4 is 33.7 Å². The van der Waals surface area contributed by atoms with E-state index in [0.29, 0.717) is 22.8 Å². The van der Waals surface area contributed by atoms with Crippen molar-refractivity contribution in [2.24, 2.45) is 5.10 Å². The van der Waals surface area contributed by atoms with E-state index in [9.17, 15) is 13.2 Å². The molecular weight excluding hydrogens is 434 g/mol. The Kier molecular flexibility index (Phi) is 8.04. The van der Waals surface area contributed by atoms with E-state index in [2.05, 4.69) is 10.5 Å². The van der Waals surface area contributed by atoms with Crippen LogP contribution in [0.5, 0.6) is 17.2 Å². The van der Waals surface area contributed by atoms with Crippen LogP contribution >= 0.6 is 11.6 Å². The highest BCUT2D eigenvalue weighted by Crippen LogP contribution is 2.28. The second-order valence-corrected chi connectivity index (χ2v) is 8.41. The number of amides is 1. The molecule has 0 fully saturated rings. The van der Waals surface area contributed by atoms with E-state index < -0.39 is 22.5 Å². The lowest BCUT2D eigenvalue weighted by Crippen LogP contribution is -2.36. The monoisotopic (exact) mass is 455 g/mol. The number of benzene rings is 2. The maximum atomic E-state index is 12.6. The number of rotatable bonds is 9. The van der Waals surface area contributed by atoms with Gasteiger partial charge in [-0.2, -0.15) is 9.41 Å². The number of sulfonamides is 1. The molecule has 1 amide bonds. The summed E-state index contributed by atoms with van der Waals surface area (Å²) in [6.45, 7) is -0.441. The second-order valence-electron chi connectivity index (χ2n) is 5.96. The number of nitrogens with zero attached hydrogens (tertiary/aromatic N) is 2. The van der Waals surface area contributed by atoms with E-state index in [0.717, 1.165) is 4.31 Å². The van der Waals surface area contributed by atoms with Crippen molar-refractivity contribution in [2.75, 3.05) is 34.9 Å². The number of hydrazone groups is 1. The van der Waals surface area contributed by atoms with Gasteiger partial charge in [0.25, 0.3) is 5.91 Å². The molecule has 2 aromatic rings. The minimum atomic E-state index is -3.93. The van der Waals surface area contributed by atoms with Gasteiger partial charge in [-0.05, 0) is 30.3 Å². The van der Waals surface area contributed by atoms with Crippen molar-refractivity contribution < 1.29 is 27.4 Å². The molecular formula is C19H22ClN3O6S. The van der Waals surface area contributed by atoms with Crippen LogP contribution < -0.4 is 19.6 Å². The molecule has 9 nitrogen and oxygen atoms in total. The molecule has 0 bridgehead atoms. The molecule has 0 unspecified atom stereocenters. The van der Waals surface area contributed by atoms with Gasteiger partial charge in [0, 0.05) is 18.7 Å². The summed E-state index contributed by atoms with van der Waals surface area (Å²) in [5.41, 5.74) is 2.89. The minimum Gasteiger partial charge on any atom is -0.497 e. The predicted molar refractivity (Wildman–Crippen MR) is 113 cm³/mol. The molecule has 0 heterocycles. The maximum Gasteiger partial charge on any atom is 0.255 e. The average molecular weight is 456 g/mol. The maximum absolute atomic E-state index is 12.6. The fourth-order valence-corrected chi connectivity index (χ4v) is 3.89. The van der Waals surface area contributed by atoms with E-state index in [-0.39, 0.29) is 9.92 Å². The molecule has 0 radical (unpaired) electrons. The predicted octanol–water partition coefficient (Wildman–Crippen LogP) is 2.14. The third kappa shape index (κ3) is 5.62. The zero-order chi connectivity index (χ0) is 22.3. The third-order valence-corrected chi connectivity index (χ3v) is 6.13.